The van der Waals surface area contributed by atoms with E-state index in [0.717, 1.165) is 30.6 Å². The summed E-state index contributed by atoms with van der Waals surface area (Å²) in [6, 6.07) is 0. The van der Waals surface area contributed by atoms with Crippen LogP contribution in [0.4, 0.5) is 0 Å². The maximum absolute atomic E-state index is 6.27. The van der Waals surface area contributed by atoms with Crippen molar-refractivity contribution in [2.24, 2.45) is 0 Å². The van der Waals surface area contributed by atoms with Gasteiger partial charge in [-0.05, 0) is 78.5 Å². The molecule has 0 spiro atoms. The highest BCUT2D eigenvalue weighted by molar-refractivity contribution is 6.70. The highest BCUT2D eigenvalue weighted by atomic mass is 28.4. The summed E-state index contributed by atoms with van der Waals surface area (Å²) in [6.07, 6.45) is 5.50. The Labute approximate surface area is 132 Å². The second kappa shape index (κ2) is 7.05. The largest absolute Gasteiger partial charge is 0.544 e. The molecule has 0 saturated carbocycles. The molecule has 0 fully saturated rings. The van der Waals surface area contributed by atoms with Crippen LogP contribution < -0.4 is 0 Å². The average molecular weight is 329 g/mol. The smallest absolute Gasteiger partial charge is 0.272 e. The number of hydrogen-bond donors (Lipinski definition) is 0. The van der Waals surface area contributed by atoms with Gasteiger partial charge in [-0.3, -0.25) is 0 Å². The van der Waals surface area contributed by atoms with Crippen molar-refractivity contribution in [3.63, 3.8) is 0 Å². The lowest BCUT2D eigenvalue weighted by molar-refractivity contribution is 0.0548. The van der Waals surface area contributed by atoms with Gasteiger partial charge in [-0.25, -0.2) is 0 Å². The number of hydrogen-bond acceptors (Lipinski definition) is 3. The fourth-order valence-electron chi connectivity index (χ4n) is 2.04. The zero-order valence-corrected chi connectivity index (χ0v) is 17.0. The van der Waals surface area contributed by atoms with Gasteiger partial charge in [-0.15, -0.1) is 0 Å². The Morgan fingerprint density at radius 1 is 1.05 bits per heavy atom. The monoisotopic (exact) mass is 328 g/mol. The molecule has 3 nitrogen and oxygen atoms in total. The van der Waals surface area contributed by atoms with Crippen LogP contribution in [0, 0.1) is 0 Å². The fraction of sp³-hybridized carbons (Fsp3) is 0.750. The summed E-state index contributed by atoms with van der Waals surface area (Å²) in [7, 11) is -3.35. The van der Waals surface area contributed by atoms with E-state index in [0.29, 0.717) is 5.95 Å². The van der Waals surface area contributed by atoms with Gasteiger partial charge in [0, 0.05) is 0 Å². The van der Waals surface area contributed by atoms with E-state index in [9.17, 15) is 0 Å². The van der Waals surface area contributed by atoms with Crippen LogP contribution in [-0.2, 0) is 13.6 Å². The lowest BCUT2D eigenvalue weighted by Crippen LogP contribution is -2.30. The molecule has 0 aromatic rings. The lowest BCUT2D eigenvalue weighted by atomic mass is 10.0. The topological polar surface area (TPSA) is 27.7 Å². The van der Waals surface area contributed by atoms with Crippen molar-refractivity contribution in [3.05, 3.63) is 23.4 Å². The zero-order chi connectivity index (χ0) is 16.3. The molecule has 1 rings (SSSR count). The average Bonchev–Trinajstić information content (AvgIpc) is 2.23. The third-order valence-electron chi connectivity index (χ3n) is 2.66. The standard InChI is InChI=1S/C16H32O3Si2/c1-13(2)17-16(19-21(6,7)8)14-11-9-10-12-15(14)18-20(3,4)5/h12-13H,9-11H2,1-8H3/b16-14-. The van der Waals surface area contributed by atoms with Crippen LogP contribution in [0.3, 0.4) is 0 Å². The summed E-state index contributed by atoms with van der Waals surface area (Å²) in [5.41, 5.74) is 1.12. The molecule has 1 aliphatic rings. The first kappa shape index (κ1) is 18.4. The van der Waals surface area contributed by atoms with Gasteiger partial charge in [0.15, 0.2) is 0 Å². The molecular weight excluding hydrogens is 296 g/mol. The van der Waals surface area contributed by atoms with Crippen molar-refractivity contribution in [3.8, 4) is 0 Å². The predicted octanol–water partition coefficient (Wildman–Crippen LogP) is 5.39. The van der Waals surface area contributed by atoms with Crippen molar-refractivity contribution in [2.75, 3.05) is 0 Å². The highest BCUT2D eigenvalue weighted by Crippen LogP contribution is 2.32. The molecule has 1 aliphatic carbocycles. The van der Waals surface area contributed by atoms with E-state index >= 15 is 0 Å². The summed E-state index contributed by atoms with van der Waals surface area (Å²) in [6.45, 7) is 17.3. The summed E-state index contributed by atoms with van der Waals surface area (Å²) in [5.74, 6) is 1.70. The van der Waals surface area contributed by atoms with Gasteiger partial charge in [0.1, 0.15) is 5.76 Å². The van der Waals surface area contributed by atoms with E-state index in [1.807, 2.05) is 13.8 Å². The molecule has 0 N–H and O–H groups in total. The first-order chi connectivity index (χ1) is 9.48. The molecule has 0 aromatic heterocycles. The molecule has 0 atom stereocenters. The quantitative estimate of drug-likeness (QED) is 0.483. The number of rotatable bonds is 6. The maximum atomic E-state index is 6.27. The molecule has 0 amide bonds. The normalized spacial score (nSPS) is 19.2. The van der Waals surface area contributed by atoms with Crippen LogP contribution in [0.25, 0.3) is 0 Å². The van der Waals surface area contributed by atoms with Gasteiger partial charge in [0.2, 0.25) is 16.6 Å². The Bertz CT molecular complexity index is 412. The second-order valence-corrected chi connectivity index (χ2v) is 16.7. The Morgan fingerprint density at radius 2 is 1.67 bits per heavy atom. The van der Waals surface area contributed by atoms with Gasteiger partial charge in [0.25, 0.3) is 5.95 Å². The van der Waals surface area contributed by atoms with E-state index in [1.165, 1.54) is 0 Å². The van der Waals surface area contributed by atoms with Crippen molar-refractivity contribution in [2.45, 2.75) is 78.5 Å². The van der Waals surface area contributed by atoms with Gasteiger partial charge < -0.3 is 13.6 Å². The molecule has 0 saturated heterocycles. The first-order valence-electron chi connectivity index (χ1n) is 7.96. The van der Waals surface area contributed by atoms with E-state index in [2.05, 4.69) is 45.4 Å². The molecule has 5 heteroatoms. The van der Waals surface area contributed by atoms with Crippen molar-refractivity contribution < 1.29 is 13.6 Å². The number of allylic oxidation sites excluding steroid dienone is 2. The van der Waals surface area contributed by atoms with Crippen LogP contribution >= 0.6 is 0 Å². The molecule has 0 bridgehead atoms. The van der Waals surface area contributed by atoms with Crippen LogP contribution in [0.2, 0.25) is 39.3 Å². The molecule has 0 aromatic carbocycles. The molecule has 0 heterocycles. The van der Waals surface area contributed by atoms with Crippen molar-refractivity contribution in [1.29, 1.82) is 0 Å². The van der Waals surface area contributed by atoms with Gasteiger partial charge in [-0.2, -0.15) is 0 Å². The van der Waals surface area contributed by atoms with Gasteiger partial charge in [0.05, 0.1) is 11.7 Å². The summed E-state index contributed by atoms with van der Waals surface area (Å²) in [5, 5.41) is 0. The Morgan fingerprint density at radius 3 is 2.14 bits per heavy atom. The predicted molar refractivity (Wildman–Crippen MR) is 94.0 cm³/mol. The molecule has 0 unspecified atom stereocenters. The third kappa shape index (κ3) is 7.22. The van der Waals surface area contributed by atoms with E-state index in [-0.39, 0.29) is 6.10 Å². The SMILES string of the molecule is CC(C)O/C(O[Si](C)(C)C)=C1\CCCC=C1O[Si](C)(C)C. The third-order valence-corrected chi connectivity index (χ3v) is 4.29. The number of ether oxygens (including phenoxy) is 1. The van der Waals surface area contributed by atoms with E-state index < -0.39 is 16.6 Å². The second-order valence-electron chi connectivity index (χ2n) is 7.82. The fourth-order valence-corrected chi connectivity index (χ4v) is 3.64. The van der Waals surface area contributed by atoms with Gasteiger partial charge >= 0.3 is 0 Å². The summed E-state index contributed by atoms with van der Waals surface area (Å²) >= 11 is 0. The van der Waals surface area contributed by atoms with Crippen LogP contribution in [0.5, 0.6) is 0 Å². The lowest BCUT2D eigenvalue weighted by Gasteiger charge is -2.30. The van der Waals surface area contributed by atoms with Crippen molar-refractivity contribution >= 4 is 16.6 Å². The molecule has 0 aliphatic heterocycles. The van der Waals surface area contributed by atoms with E-state index in [4.69, 9.17) is 13.6 Å². The van der Waals surface area contributed by atoms with Crippen LogP contribution in [0.1, 0.15) is 33.1 Å². The minimum atomic E-state index is -1.71. The van der Waals surface area contributed by atoms with Gasteiger partial charge in [-0.1, -0.05) is 0 Å². The van der Waals surface area contributed by atoms with Crippen molar-refractivity contribution in [1.82, 2.24) is 0 Å². The molecule has 122 valence electrons. The zero-order valence-electron chi connectivity index (χ0n) is 15.0. The van der Waals surface area contributed by atoms with E-state index in [1.54, 1.807) is 0 Å². The maximum Gasteiger partial charge on any atom is 0.272 e. The Kier molecular flexibility index (Phi) is 6.16. The highest BCUT2D eigenvalue weighted by Gasteiger charge is 2.28. The molecular formula is C16H32O3Si2. The van der Waals surface area contributed by atoms with Crippen LogP contribution in [0.15, 0.2) is 23.4 Å². The summed E-state index contributed by atoms with van der Waals surface area (Å²) in [4.78, 5) is 0. The van der Waals surface area contributed by atoms with Crippen LogP contribution in [-0.4, -0.2) is 22.7 Å². The summed E-state index contributed by atoms with van der Waals surface area (Å²) < 4.78 is 18.5. The minimum Gasteiger partial charge on any atom is -0.544 e. The Balaban J connectivity index is 3.14. The molecule has 0 radical (unpaired) electrons. The minimum absolute atomic E-state index is 0.110. The first-order valence-corrected chi connectivity index (χ1v) is 14.8. The Hall–Kier alpha value is -0.686. The molecule has 21 heavy (non-hydrogen) atoms.